The summed E-state index contributed by atoms with van der Waals surface area (Å²) in [5.41, 5.74) is 0.332. The number of anilines is 1. The second kappa shape index (κ2) is 6.12. The van der Waals surface area contributed by atoms with Gasteiger partial charge in [-0.05, 0) is 35.1 Å². The Morgan fingerprint density at radius 3 is 2.62 bits per heavy atom. The predicted octanol–water partition coefficient (Wildman–Crippen LogP) is 2.58. The zero-order chi connectivity index (χ0) is 15.6. The Balaban J connectivity index is 2.30. The molecular formula is C12H12BrF2N3O2S. The van der Waals surface area contributed by atoms with E-state index in [1.165, 1.54) is 12.3 Å². The molecule has 3 N–H and O–H groups in total. The van der Waals surface area contributed by atoms with Gasteiger partial charge in [-0.25, -0.2) is 17.2 Å². The van der Waals surface area contributed by atoms with E-state index in [0.29, 0.717) is 18.3 Å². The van der Waals surface area contributed by atoms with E-state index in [-0.39, 0.29) is 15.1 Å². The van der Waals surface area contributed by atoms with Crippen LogP contribution in [0.25, 0.3) is 0 Å². The molecule has 2 aromatic rings. The first-order valence-corrected chi connectivity index (χ1v) is 8.10. The number of aromatic nitrogens is 1. The van der Waals surface area contributed by atoms with Gasteiger partial charge in [0, 0.05) is 24.5 Å². The van der Waals surface area contributed by atoms with Crippen LogP contribution in [0.3, 0.4) is 0 Å². The van der Waals surface area contributed by atoms with Gasteiger partial charge in [0.15, 0.2) is 0 Å². The van der Waals surface area contributed by atoms with Crippen molar-refractivity contribution < 1.29 is 17.2 Å². The predicted molar refractivity (Wildman–Crippen MR) is 78.4 cm³/mol. The Bertz CT molecular complexity index is 762. The zero-order valence-corrected chi connectivity index (χ0v) is 13.3. The third-order valence-corrected chi connectivity index (χ3v) is 4.60. The van der Waals surface area contributed by atoms with Crippen LogP contribution in [-0.4, -0.2) is 20.4 Å². The van der Waals surface area contributed by atoms with Crippen LogP contribution < -0.4 is 10.0 Å². The maximum absolute atomic E-state index is 13.6. The van der Waals surface area contributed by atoms with E-state index < -0.39 is 21.7 Å². The molecule has 0 unspecified atom stereocenters. The molecule has 5 nitrogen and oxygen atoms in total. The second-order valence-corrected chi connectivity index (χ2v) is 6.78. The van der Waals surface area contributed by atoms with Gasteiger partial charge in [0.05, 0.1) is 10.2 Å². The van der Waals surface area contributed by atoms with E-state index in [1.54, 1.807) is 7.05 Å². The molecule has 0 aliphatic rings. The lowest BCUT2D eigenvalue weighted by Crippen LogP contribution is -2.13. The molecule has 9 heteroatoms. The summed E-state index contributed by atoms with van der Waals surface area (Å²) < 4.78 is 53.1. The van der Waals surface area contributed by atoms with Crippen LogP contribution >= 0.6 is 15.9 Å². The fourth-order valence-electron chi connectivity index (χ4n) is 1.67. The van der Waals surface area contributed by atoms with E-state index in [1.807, 2.05) is 0 Å². The van der Waals surface area contributed by atoms with Gasteiger partial charge in [0.25, 0.3) is 10.0 Å². The molecule has 114 valence electrons. The van der Waals surface area contributed by atoms with Gasteiger partial charge in [-0.1, -0.05) is 0 Å². The third kappa shape index (κ3) is 3.60. The molecule has 0 amide bonds. The highest BCUT2D eigenvalue weighted by Gasteiger charge is 2.19. The van der Waals surface area contributed by atoms with Crippen molar-refractivity contribution in [3.05, 3.63) is 46.2 Å². The number of sulfonamides is 1. The molecule has 0 saturated heterocycles. The fraction of sp³-hybridized carbons (Fsp3) is 0.167. The molecule has 1 heterocycles. The van der Waals surface area contributed by atoms with Crippen molar-refractivity contribution in [2.75, 3.05) is 11.8 Å². The Hall–Kier alpha value is -1.45. The van der Waals surface area contributed by atoms with E-state index in [0.717, 1.165) is 6.07 Å². The molecule has 21 heavy (non-hydrogen) atoms. The number of H-pyrrole nitrogens is 1. The SMILES string of the molecule is CNCc1cc(S(=O)(=O)Nc2cc(Br)c(F)cc2F)c[nH]1. The summed E-state index contributed by atoms with van der Waals surface area (Å²) in [5, 5.41) is 2.87. The van der Waals surface area contributed by atoms with E-state index in [9.17, 15) is 17.2 Å². The molecular weight excluding hydrogens is 368 g/mol. The standard InChI is InChI=1S/C12H12BrF2N3O2S/c1-16-5-7-2-8(6-17-7)21(19,20)18-12-3-9(13)10(14)4-11(12)15/h2-4,6,16-18H,5H2,1H3. The van der Waals surface area contributed by atoms with Crippen LogP contribution in [-0.2, 0) is 16.6 Å². The first-order valence-electron chi connectivity index (χ1n) is 5.83. The Morgan fingerprint density at radius 1 is 1.24 bits per heavy atom. The Labute approximate surface area is 128 Å². The van der Waals surface area contributed by atoms with Crippen molar-refractivity contribution in [1.29, 1.82) is 0 Å². The molecule has 0 fully saturated rings. The first kappa shape index (κ1) is 15.9. The minimum Gasteiger partial charge on any atom is -0.363 e. The first-order chi connectivity index (χ1) is 9.83. The molecule has 1 aromatic carbocycles. The topological polar surface area (TPSA) is 74.0 Å². The largest absolute Gasteiger partial charge is 0.363 e. The van der Waals surface area contributed by atoms with Crippen molar-refractivity contribution in [2.45, 2.75) is 11.4 Å². The van der Waals surface area contributed by atoms with Crippen LogP contribution in [0.2, 0.25) is 0 Å². The molecule has 2 rings (SSSR count). The van der Waals surface area contributed by atoms with Crippen molar-refractivity contribution in [3.63, 3.8) is 0 Å². The normalized spacial score (nSPS) is 11.6. The molecule has 0 aliphatic heterocycles. The summed E-state index contributed by atoms with van der Waals surface area (Å²) in [6.45, 7) is 0.464. The second-order valence-electron chi connectivity index (χ2n) is 4.24. The minimum absolute atomic E-state index is 0.0346. The number of rotatable bonds is 5. The van der Waals surface area contributed by atoms with Crippen LogP contribution in [0, 0.1) is 11.6 Å². The number of nitrogens with one attached hydrogen (secondary N) is 3. The maximum atomic E-state index is 13.6. The molecule has 1 aromatic heterocycles. The molecule has 0 bridgehead atoms. The summed E-state index contributed by atoms with van der Waals surface area (Å²) in [7, 11) is -2.23. The van der Waals surface area contributed by atoms with Crippen LogP contribution in [0.5, 0.6) is 0 Å². The average molecular weight is 380 g/mol. The quantitative estimate of drug-likeness (QED) is 0.699. The number of halogens is 3. The lowest BCUT2D eigenvalue weighted by atomic mass is 10.3. The number of hydrogen-bond acceptors (Lipinski definition) is 3. The van der Waals surface area contributed by atoms with Gasteiger partial charge in [0.2, 0.25) is 0 Å². The maximum Gasteiger partial charge on any atom is 0.263 e. The average Bonchev–Trinajstić information content (AvgIpc) is 2.86. The highest BCUT2D eigenvalue weighted by Crippen LogP contribution is 2.26. The van der Waals surface area contributed by atoms with Gasteiger partial charge in [-0.3, -0.25) is 4.72 Å². The Morgan fingerprint density at radius 2 is 1.95 bits per heavy atom. The van der Waals surface area contributed by atoms with E-state index in [4.69, 9.17) is 0 Å². The van der Waals surface area contributed by atoms with E-state index >= 15 is 0 Å². The third-order valence-electron chi connectivity index (χ3n) is 2.65. The highest BCUT2D eigenvalue weighted by molar-refractivity contribution is 9.10. The van der Waals surface area contributed by atoms with Crippen molar-refractivity contribution in [2.24, 2.45) is 0 Å². The fourth-order valence-corrected chi connectivity index (χ4v) is 3.09. The summed E-state index contributed by atoms with van der Waals surface area (Å²) >= 11 is 2.88. The Kier molecular flexibility index (Phi) is 4.64. The van der Waals surface area contributed by atoms with Gasteiger partial charge in [-0.2, -0.15) is 0 Å². The molecule has 0 atom stereocenters. The number of hydrogen-bond donors (Lipinski definition) is 3. The van der Waals surface area contributed by atoms with Crippen molar-refractivity contribution in [1.82, 2.24) is 10.3 Å². The monoisotopic (exact) mass is 379 g/mol. The van der Waals surface area contributed by atoms with Crippen molar-refractivity contribution in [3.8, 4) is 0 Å². The van der Waals surface area contributed by atoms with Gasteiger partial charge in [0.1, 0.15) is 16.5 Å². The molecule has 0 saturated carbocycles. The van der Waals surface area contributed by atoms with Gasteiger partial charge in [-0.15, -0.1) is 0 Å². The van der Waals surface area contributed by atoms with Crippen LogP contribution in [0.4, 0.5) is 14.5 Å². The van der Waals surface area contributed by atoms with Crippen LogP contribution in [0.15, 0.2) is 33.8 Å². The summed E-state index contributed by atoms with van der Waals surface area (Å²) in [4.78, 5) is 2.75. The summed E-state index contributed by atoms with van der Waals surface area (Å²) in [6.07, 6.45) is 1.30. The summed E-state index contributed by atoms with van der Waals surface area (Å²) in [6, 6.07) is 3.06. The van der Waals surface area contributed by atoms with E-state index in [2.05, 4.69) is 31.0 Å². The number of aromatic amines is 1. The highest BCUT2D eigenvalue weighted by atomic mass is 79.9. The number of benzene rings is 1. The lowest BCUT2D eigenvalue weighted by molar-refractivity contribution is 0.579. The molecule has 0 spiro atoms. The summed E-state index contributed by atoms with van der Waals surface area (Å²) in [5.74, 6) is -1.81. The smallest absolute Gasteiger partial charge is 0.263 e. The molecule has 0 aliphatic carbocycles. The van der Waals surface area contributed by atoms with Crippen LogP contribution in [0.1, 0.15) is 5.69 Å². The van der Waals surface area contributed by atoms with Gasteiger partial charge < -0.3 is 10.3 Å². The van der Waals surface area contributed by atoms with Gasteiger partial charge >= 0.3 is 0 Å². The lowest BCUT2D eigenvalue weighted by Gasteiger charge is -2.08. The zero-order valence-electron chi connectivity index (χ0n) is 10.9. The molecule has 0 radical (unpaired) electrons. The minimum atomic E-state index is -3.96. The van der Waals surface area contributed by atoms with Crippen molar-refractivity contribution >= 4 is 31.6 Å².